The smallest absolute Gasteiger partial charge is 0.0951 e. The van der Waals surface area contributed by atoms with Gasteiger partial charge < -0.3 is 4.57 Å². The summed E-state index contributed by atoms with van der Waals surface area (Å²) in [7, 11) is 0. The van der Waals surface area contributed by atoms with Gasteiger partial charge in [0.15, 0.2) is 0 Å². The van der Waals surface area contributed by atoms with E-state index < -0.39 is 0 Å². The monoisotopic (exact) mass is 368 g/mol. The minimum absolute atomic E-state index is 0.362. The van der Waals surface area contributed by atoms with Crippen LogP contribution < -0.4 is 0 Å². The van der Waals surface area contributed by atoms with E-state index in [1.54, 1.807) is 0 Å². The van der Waals surface area contributed by atoms with E-state index in [4.69, 9.17) is 0 Å². The number of hydrogen-bond donors (Lipinski definition) is 0. The van der Waals surface area contributed by atoms with E-state index in [1.807, 2.05) is 12.5 Å². The zero-order valence-corrected chi connectivity index (χ0v) is 15.1. The second-order valence-electron chi connectivity index (χ2n) is 5.95. The van der Waals surface area contributed by atoms with E-state index in [0.29, 0.717) is 5.92 Å². The summed E-state index contributed by atoms with van der Waals surface area (Å²) in [6.45, 7) is 5.21. The van der Waals surface area contributed by atoms with Crippen LogP contribution in [0.1, 0.15) is 41.6 Å². The summed E-state index contributed by atoms with van der Waals surface area (Å²) >= 11 is 3.58. The number of hydrogen-bond acceptors (Lipinski definition) is 1. The van der Waals surface area contributed by atoms with Gasteiger partial charge in [0.25, 0.3) is 0 Å². The Bertz CT molecular complexity index is 774. The standard InChI is InChI=1S/C20H21BrN2/c1-3-19(17-5-4-6-18(21)11-17)20-12-22-14-23(20)13-16-9-7-15(2)8-10-16/h4-12,14,19H,3,13H2,1-2H3. The van der Waals surface area contributed by atoms with E-state index in [2.05, 4.69) is 87.9 Å². The summed E-state index contributed by atoms with van der Waals surface area (Å²) in [6, 6.07) is 17.3. The van der Waals surface area contributed by atoms with Crippen LogP contribution in [0.3, 0.4) is 0 Å². The van der Waals surface area contributed by atoms with Crippen LogP contribution in [-0.2, 0) is 6.54 Å². The molecular weight excluding hydrogens is 348 g/mol. The average Bonchev–Trinajstić information content (AvgIpc) is 2.99. The Labute approximate surface area is 146 Å². The molecule has 0 aliphatic carbocycles. The molecule has 23 heavy (non-hydrogen) atoms. The Morgan fingerprint density at radius 2 is 1.91 bits per heavy atom. The van der Waals surface area contributed by atoms with Crippen molar-refractivity contribution in [1.82, 2.24) is 9.55 Å². The molecule has 0 radical (unpaired) electrons. The first-order valence-corrected chi connectivity index (χ1v) is 8.77. The third kappa shape index (κ3) is 3.73. The maximum atomic E-state index is 4.40. The maximum Gasteiger partial charge on any atom is 0.0951 e. The summed E-state index contributed by atoms with van der Waals surface area (Å²) < 4.78 is 3.39. The molecule has 2 nitrogen and oxygen atoms in total. The van der Waals surface area contributed by atoms with Crippen LogP contribution in [0, 0.1) is 6.92 Å². The normalized spacial score (nSPS) is 12.3. The summed E-state index contributed by atoms with van der Waals surface area (Å²) in [5, 5.41) is 0. The van der Waals surface area contributed by atoms with E-state index in [1.165, 1.54) is 22.4 Å². The van der Waals surface area contributed by atoms with Gasteiger partial charge in [-0.1, -0.05) is 64.8 Å². The van der Waals surface area contributed by atoms with Gasteiger partial charge in [-0.2, -0.15) is 0 Å². The molecule has 1 atom stereocenters. The Kier molecular flexibility index (Phi) is 4.97. The molecule has 2 aromatic carbocycles. The molecule has 0 aliphatic rings. The number of aryl methyl sites for hydroxylation is 1. The molecule has 3 aromatic rings. The first-order valence-electron chi connectivity index (χ1n) is 7.98. The fraction of sp³-hybridized carbons (Fsp3) is 0.250. The van der Waals surface area contributed by atoms with E-state index in [9.17, 15) is 0 Å². The SMILES string of the molecule is CCC(c1cccc(Br)c1)c1cncn1Cc1ccc(C)cc1. The number of imidazole rings is 1. The zero-order chi connectivity index (χ0) is 16.2. The molecule has 0 aliphatic heterocycles. The van der Waals surface area contributed by atoms with Crippen molar-refractivity contribution in [2.24, 2.45) is 0 Å². The van der Waals surface area contributed by atoms with Gasteiger partial charge in [-0.05, 0) is 36.6 Å². The van der Waals surface area contributed by atoms with Crippen molar-refractivity contribution in [2.45, 2.75) is 32.7 Å². The minimum Gasteiger partial charge on any atom is -0.330 e. The van der Waals surface area contributed by atoms with Gasteiger partial charge in [0.2, 0.25) is 0 Å². The molecule has 1 unspecified atom stereocenters. The van der Waals surface area contributed by atoms with Gasteiger partial charge >= 0.3 is 0 Å². The number of benzene rings is 2. The van der Waals surface area contributed by atoms with Crippen LogP contribution in [0.5, 0.6) is 0 Å². The molecule has 3 rings (SSSR count). The fourth-order valence-corrected chi connectivity index (χ4v) is 3.40. The van der Waals surface area contributed by atoms with Crippen LogP contribution >= 0.6 is 15.9 Å². The molecule has 0 N–H and O–H groups in total. The first kappa shape index (κ1) is 16.0. The molecule has 0 saturated carbocycles. The first-order chi connectivity index (χ1) is 11.2. The maximum absolute atomic E-state index is 4.40. The van der Waals surface area contributed by atoms with Gasteiger partial charge in [0.05, 0.1) is 6.33 Å². The molecule has 118 valence electrons. The molecule has 3 heteroatoms. The highest BCUT2D eigenvalue weighted by Crippen LogP contribution is 2.29. The molecule has 0 bridgehead atoms. The van der Waals surface area contributed by atoms with Crippen molar-refractivity contribution in [2.75, 3.05) is 0 Å². The highest BCUT2D eigenvalue weighted by molar-refractivity contribution is 9.10. The van der Waals surface area contributed by atoms with E-state index in [-0.39, 0.29) is 0 Å². The molecule has 0 amide bonds. The highest BCUT2D eigenvalue weighted by Gasteiger charge is 2.17. The summed E-state index contributed by atoms with van der Waals surface area (Å²) in [5.41, 5.74) is 5.19. The van der Waals surface area contributed by atoms with Crippen molar-refractivity contribution in [3.63, 3.8) is 0 Å². The lowest BCUT2D eigenvalue weighted by Gasteiger charge is -2.18. The van der Waals surface area contributed by atoms with Gasteiger partial charge in [-0.25, -0.2) is 4.98 Å². The predicted octanol–water partition coefficient (Wildman–Crippen LogP) is 5.54. The van der Waals surface area contributed by atoms with Crippen molar-refractivity contribution in [3.8, 4) is 0 Å². The van der Waals surface area contributed by atoms with Gasteiger partial charge in [-0.15, -0.1) is 0 Å². The summed E-state index contributed by atoms with van der Waals surface area (Å²) in [4.78, 5) is 4.40. The van der Waals surface area contributed by atoms with Crippen LogP contribution in [0.15, 0.2) is 65.5 Å². The minimum atomic E-state index is 0.362. The van der Waals surface area contributed by atoms with Crippen molar-refractivity contribution in [1.29, 1.82) is 0 Å². The summed E-state index contributed by atoms with van der Waals surface area (Å²) in [6.07, 6.45) is 5.00. The molecular formula is C20H21BrN2. The Balaban J connectivity index is 1.90. The van der Waals surface area contributed by atoms with Crippen molar-refractivity contribution < 1.29 is 0 Å². The second kappa shape index (κ2) is 7.14. The number of rotatable bonds is 5. The fourth-order valence-electron chi connectivity index (χ4n) is 2.98. The lowest BCUT2D eigenvalue weighted by molar-refractivity contribution is 0.665. The van der Waals surface area contributed by atoms with Gasteiger partial charge in [-0.3, -0.25) is 0 Å². The van der Waals surface area contributed by atoms with Crippen LogP contribution in [-0.4, -0.2) is 9.55 Å². The largest absolute Gasteiger partial charge is 0.330 e. The molecule has 0 saturated heterocycles. The Morgan fingerprint density at radius 3 is 2.61 bits per heavy atom. The quantitative estimate of drug-likeness (QED) is 0.577. The number of nitrogens with zero attached hydrogens (tertiary/aromatic N) is 2. The molecule has 1 aromatic heterocycles. The lowest BCUT2D eigenvalue weighted by atomic mass is 9.93. The van der Waals surface area contributed by atoms with E-state index >= 15 is 0 Å². The topological polar surface area (TPSA) is 17.8 Å². The van der Waals surface area contributed by atoms with Crippen LogP contribution in [0.2, 0.25) is 0 Å². The van der Waals surface area contributed by atoms with Crippen LogP contribution in [0.25, 0.3) is 0 Å². The third-order valence-corrected chi connectivity index (χ3v) is 4.73. The number of aromatic nitrogens is 2. The average molecular weight is 369 g/mol. The molecule has 0 fully saturated rings. The van der Waals surface area contributed by atoms with Crippen LogP contribution in [0.4, 0.5) is 0 Å². The van der Waals surface area contributed by atoms with Crippen molar-refractivity contribution in [3.05, 3.63) is 87.9 Å². The summed E-state index contributed by atoms with van der Waals surface area (Å²) in [5.74, 6) is 0.362. The molecule has 1 heterocycles. The predicted molar refractivity (Wildman–Crippen MR) is 98.8 cm³/mol. The van der Waals surface area contributed by atoms with Gasteiger partial charge in [0, 0.05) is 28.8 Å². The van der Waals surface area contributed by atoms with Gasteiger partial charge in [0.1, 0.15) is 0 Å². The highest BCUT2D eigenvalue weighted by atomic mass is 79.9. The van der Waals surface area contributed by atoms with E-state index in [0.717, 1.165) is 17.4 Å². The Hall–Kier alpha value is -1.87. The Morgan fingerprint density at radius 1 is 1.13 bits per heavy atom. The second-order valence-corrected chi connectivity index (χ2v) is 6.86. The third-order valence-electron chi connectivity index (χ3n) is 4.23. The molecule has 0 spiro atoms. The zero-order valence-electron chi connectivity index (χ0n) is 13.5. The lowest BCUT2D eigenvalue weighted by Crippen LogP contribution is -2.09. The number of halogens is 1. The van der Waals surface area contributed by atoms with Crippen molar-refractivity contribution >= 4 is 15.9 Å².